The molecule has 0 heterocycles. The number of rotatable bonds is 0. The Labute approximate surface area is 133 Å². The molecule has 0 saturated heterocycles. The maximum Gasteiger partial charge on any atom is 0.203 e. The third-order valence-corrected chi connectivity index (χ3v) is 2.04. The summed E-state index contributed by atoms with van der Waals surface area (Å²) in [5.74, 6) is -10.5. The summed E-state index contributed by atoms with van der Waals surface area (Å²) >= 11 is 0. The Bertz CT molecular complexity index is 526. The number of phenolic OH excluding ortho intramolecular Hbond substituents is 2. The van der Waals surface area contributed by atoms with Crippen LogP contribution >= 0.6 is 0 Å². The van der Waals surface area contributed by atoms with Gasteiger partial charge in [0.05, 0.1) is 0 Å². The van der Waals surface area contributed by atoms with Gasteiger partial charge in [0.15, 0.2) is 34.8 Å². The van der Waals surface area contributed by atoms with E-state index in [1.54, 1.807) is 0 Å². The van der Waals surface area contributed by atoms with E-state index in [1.165, 1.54) is 0 Å². The summed E-state index contributed by atoms with van der Waals surface area (Å²) in [5.41, 5.74) is 0. The summed E-state index contributed by atoms with van der Waals surface area (Å²) in [5, 5.41) is 16.8. The van der Waals surface area contributed by atoms with E-state index in [0.717, 1.165) is 0 Å². The molecule has 0 aliphatic heterocycles. The van der Waals surface area contributed by atoms with E-state index in [0.29, 0.717) is 24.3 Å². The van der Waals surface area contributed by atoms with Crippen molar-refractivity contribution in [3.8, 4) is 11.5 Å². The number of aromatic hydroxyl groups is 2. The number of benzene rings is 2. The molecule has 0 saturated carbocycles. The van der Waals surface area contributed by atoms with Crippen LogP contribution in [0.25, 0.3) is 0 Å². The molecule has 2 N–H and O–H groups in total. The zero-order valence-corrected chi connectivity index (χ0v) is 12.4. The molecular formula is C12H6F6O2Zr. The summed E-state index contributed by atoms with van der Waals surface area (Å²) in [7, 11) is 0. The third kappa shape index (κ3) is 4.77. The smallest absolute Gasteiger partial charge is 0.203 e. The van der Waals surface area contributed by atoms with Crippen LogP contribution in [-0.2, 0) is 26.2 Å². The summed E-state index contributed by atoms with van der Waals surface area (Å²) in [6.07, 6.45) is 0. The van der Waals surface area contributed by atoms with Gasteiger partial charge in [0.1, 0.15) is 0 Å². The topological polar surface area (TPSA) is 40.5 Å². The Balaban J connectivity index is 0.000000364. The Kier molecular flexibility index (Phi) is 7.49. The van der Waals surface area contributed by atoms with Crippen molar-refractivity contribution in [1.82, 2.24) is 0 Å². The molecule has 2 aromatic rings. The van der Waals surface area contributed by atoms with Gasteiger partial charge in [-0.25, -0.2) is 17.6 Å². The second kappa shape index (κ2) is 8.07. The molecule has 21 heavy (non-hydrogen) atoms. The Morgan fingerprint density at radius 3 is 1.00 bits per heavy atom. The van der Waals surface area contributed by atoms with Crippen molar-refractivity contribution in [3.63, 3.8) is 0 Å². The normalized spacial score (nSPS) is 9.43. The van der Waals surface area contributed by atoms with Crippen LogP contribution in [0, 0.1) is 34.9 Å². The molecule has 0 spiro atoms. The quantitative estimate of drug-likeness (QED) is 0.536. The van der Waals surface area contributed by atoms with Gasteiger partial charge in [-0.3, -0.25) is 0 Å². The van der Waals surface area contributed by atoms with Crippen LogP contribution in [-0.4, -0.2) is 10.2 Å². The number of halogens is 6. The van der Waals surface area contributed by atoms with Gasteiger partial charge < -0.3 is 10.2 Å². The van der Waals surface area contributed by atoms with Gasteiger partial charge >= 0.3 is 0 Å². The zero-order valence-electron chi connectivity index (χ0n) is 9.97. The van der Waals surface area contributed by atoms with Crippen LogP contribution in [0.3, 0.4) is 0 Å². The summed E-state index contributed by atoms with van der Waals surface area (Å²) in [6.45, 7) is 0. The molecule has 0 unspecified atom stereocenters. The predicted molar refractivity (Wildman–Crippen MR) is 56.0 cm³/mol. The van der Waals surface area contributed by atoms with Gasteiger partial charge in [0, 0.05) is 26.2 Å². The van der Waals surface area contributed by atoms with Gasteiger partial charge in [0.25, 0.3) is 0 Å². The molecule has 0 radical (unpaired) electrons. The van der Waals surface area contributed by atoms with Crippen LogP contribution in [0.2, 0.25) is 0 Å². The minimum absolute atomic E-state index is 0. The molecule has 0 fully saturated rings. The van der Waals surface area contributed by atoms with Crippen molar-refractivity contribution in [2.45, 2.75) is 0 Å². The number of phenols is 2. The van der Waals surface area contributed by atoms with Crippen molar-refractivity contribution in [2.24, 2.45) is 0 Å². The van der Waals surface area contributed by atoms with Gasteiger partial charge in [0.2, 0.25) is 11.6 Å². The van der Waals surface area contributed by atoms with Crippen LogP contribution in [0.5, 0.6) is 11.5 Å². The molecule has 2 rings (SSSR count). The van der Waals surface area contributed by atoms with E-state index in [1.807, 2.05) is 0 Å². The van der Waals surface area contributed by atoms with E-state index < -0.39 is 46.4 Å². The summed E-state index contributed by atoms with van der Waals surface area (Å²) in [4.78, 5) is 0. The Morgan fingerprint density at radius 1 is 0.524 bits per heavy atom. The molecule has 2 aromatic carbocycles. The first kappa shape index (κ1) is 19.5. The van der Waals surface area contributed by atoms with Crippen molar-refractivity contribution >= 4 is 0 Å². The number of hydrogen-bond donors (Lipinski definition) is 2. The molecule has 9 heteroatoms. The van der Waals surface area contributed by atoms with Crippen molar-refractivity contribution < 1.29 is 62.8 Å². The molecule has 0 aliphatic rings. The Morgan fingerprint density at radius 2 is 0.762 bits per heavy atom. The predicted octanol–water partition coefficient (Wildman–Crippen LogP) is 3.62. The average molecular weight is 387 g/mol. The molecular weight excluding hydrogens is 381 g/mol. The monoisotopic (exact) mass is 386 g/mol. The molecule has 0 amide bonds. The van der Waals surface area contributed by atoms with Gasteiger partial charge in [-0.1, -0.05) is 0 Å². The first-order valence-corrected chi connectivity index (χ1v) is 4.90. The number of hydrogen-bond acceptors (Lipinski definition) is 2. The van der Waals surface area contributed by atoms with Crippen LogP contribution in [0.1, 0.15) is 0 Å². The molecule has 0 atom stereocenters. The first-order valence-electron chi connectivity index (χ1n) is 4.90. The van der Waals surface area contributed by atoms with E-state index in [2.05, 4.69) is 0 Å². The van der Waals surface area contributed by atoms with E-state index in [-0.39, 0.29) is 26.2 Å². The maximum absolute atomic E-state index is 12.1. The largest absolute Gasteiger partial charge is 0.503 e. The second-order valence-corrected chi connectivity index (χ2v) is 3.38. The standard InChI is InChI=1S/2C6H3F3O.Zr/c2*7-3-1-2-4(8)6(10)5(3)9;/h2*1-2,10H;. The molecule has 0 aromatic heterocycles. The molecule has 2 nitrogen and oxygen atoms in total. The van der Waals surface area contributed by atoms with Crippen LogP contribution < -0.4 is 0 Å². The molecule has 0 aliphatic carbocycles. The van der Waals surface area contributed by atoms with E-state index in [4.69, 9.17) is 10.2 Å². The van der Waals surface area contributed by atoms with Gasteiger partial charge in [-0.05, 0) is 24.3 Å². The van der Waals surface area contributed by atoms with Crippen LogP contribution in [0.15, 0.2) is 24.3 Å². The van der Waals surface area contributed by atoms with Gasteiger partial charge in [-0.15, -0.1) is 0 Å². The van der Waals surface area contributed by atoms with E-state index in [9.17, 15) is 26.3 Å². The second-order valence-electron chi connectivity index (χ2n) is 3.38. The fourth-order valence-corrected chi connectivity index (χ4v) is 1.03. The van der Waals surface area contributed by atoms with Crippen molar-refractivity contribution in [2.75, 3.05) is 0 Å². The average Bonchev–Trinajstić information content (AvgIpc) is 2.43. The maximum atomic E-state index is 12.1. The van der Waals surface area contributed by atoms with Crippen LogP contribution in [0.4, 0.5) is 26.3 Å². The fourth-order valence-electron chi connectivity index (χ4n) is 1.03. The molecule has 112 valence electrons. The fraction of sp³-hybridized carbons (Fsp3) is 0. The zero-order chi connectivity index (χ0) is 15.4. The SMILES string of the molecule is Oc1c(F)ccc(F)c1F.Oc1c(F)ccc(F)c1F.[Zr]. The Hall–Kier alpha value is -1.50. The van der Waals surface area contributed by atoms with Crippen molar-refractivity contribution in [1.29, 1.82) is 0 Å². The van der Waals surface area contributed by atoms with Gasteiger partial charge in [-0.2, -0.15) is 8.78 Å². The van der Waals surface area contributed by atoms with Crippen molar-refractivity contribution in [3.05, 3.63) is 59.2 Å². The van der Waals surface area contributed by atoms with E-state index >= 15 is 0 Å². The third-order valence-electron chi connectivity index (χ3n) is 2.04. The first-order chi connectivity index (χ1) is 9.25. The minimum Gasteiger partial charge on any atom is -0.503 e. The summed E-state index contributed by atoms with van der Waals surface area (Å²) < 4.78 is 72.6. The minimum atomic E-state index is -1.56. The molecule has 0 bridgehead atoms. The summed E-state index contributed by atoms with van der Waals surface area (Å²) in [6, 6.07) is 2.50.